The van der Waals surface area contributed by atoms with Crippen LogP contribution in [0.25, 0.3) is 0 Å². The summed E-state index contributed by atoms with van der Waals surface area (Å²) in [4.78, 5) is 23.7. The highest BCUT2D eigenvalue weighted by atomic mass is 35.5. The van der Waals surface area contributed by atoms with Crippen molar-refractivity contribution in [3.8, 4) is 0 Å². The Bertz CT molecular complexity index is 650. The molecule has 0 radical (unpaired) electrons. The van der Waals surface area contributed by atoms with Crippen LogP contribution in [0.2, 0.25) is 5.02 Å². The van der Waals surface area contributed by atoms with Gasteiger partial charge in [-0.3, -0.25) is 9.59 Å². The lowest BCUT2D eigenvalue weighted by Gasteiger charge is -2.10. The van der Waals surface area contributed by atoms with Crippen LogP contribution in [0.15, 0.2) is 23.1 Å². The number of esters is 1. The fraction of sp³-hybridized carbons (Fsp3) is 0.333. The molecule has 0 aromatic heterocycles. The van der Waals surface area contributed by atoms with Gasteiger partial charge in [0.15, 0.2) is 15.6 Å². The number of Topliss-reactive ketones (excluding diaryl/α,β-unsaturated/α-hetero) is 1. The molecule has 1 aromatic rings. The van der Waals surface area contributed by atoms with Gasteiger partial charge in [-0.05, 0) is 24.6 Å². The van der Waals surface area contributed by atoms with Crippen LogP contribution >= 0.6 is 11.6 Å². The summed E-state index contributed by atoms with van der Waals surface area (Å²) in [7, 11) is -2.43. The van der Waals surface area contributed by atoms with Crippen LogP contribution in [-0.4, -0.2) is 33.0 Å². The van der Waals surface area contributed by atoms with Gasteiger partial charge in [-0.25, -0.2) is 8.42 Å². The van der Waals surface area contributed by atoms with Crippen molar-refractivity contribution < 1.29 is 22.7 Å². The minimum atomic E-state index is -3.59. The number of fused-ring (bicyclic) bond motifs is 1. The number of sulfone groups is 1. The Morgan fingerprint density at radius 2 is 2.11 bits per heavy atom. The molecule has 7 heteroatoms. The molecular formula is C12H11ClO5S. The molecule has 0 amide bonds. The molecule has 0 saturated heterocycles. The van der Waals surface area contributed by atoms with Gasteiger partial charge in [-0.1, -0.05) is 11.6 Å². The van der Waals surface area contributed by atoms with Crippen molar-refractivity contribution in [1.82, 2.24) is 0 Å². The maximum Gasteiger partial charge on any atom is 0.316 e. The lowest BCUT2D eigenvalue weighted by molar-refractivity contribution is -0.143. The molecule has 1 unspecified atom stereocenters. The van der Waals surface area contributed by atoms with Gasteiger partial charge in [-0.2, -0.15) is 0 Å². The first-order valence-corrected chi connectivity index (χ1v) is 7.54. The minimum Gasteiger partial charge on any atom is -0.468 e. The number of carbonyl (C=O) groups is 2. The van der Waals surface area contributed by atoms with Crippen LogP contribution in [0.4, 0.5) is 0 Å². The molecule has 102 valence electrons. The van der Waals surface area contributed by atoms with Gasteiger partial charge < -0.3 is 4.74 Å². The van der Waals surface area contributed by atoms with Crippen molar-refractivity contribution >= 4 is 33.2 Å². The molecular weight excluding hydrogens is 292 g/mol. The highest BCUT2D eigenvalue weighted by molar-refractivity contribution is 7.91. The summed E-state index contributed by atoms with van der Waals surface area (Å²) in [5.41, 5.74) is -0.0413. The normalized spacial score (nSPS) is 21.4. The molecule has 0 N–H and O–H groups in total. The topological polar surface area (TPSA) is 77.5 Å². The van der Waals surface area contributed by atoms with Crippen molar-refractivity contribution in [3.63, 3.8) is 0 Å². The first-order valence-electron chi connectivity index (χ1n) is 5.51. The number of rotatable bonds is 1. The van der Waals surface area contributed by atoms with Crippen molar-refractivity contribution in [2.75, 3.05) is 12.9 Å². The quantitative estimate of drug-likeness (QED) is 0.580. The van der Waals surface area contributed by atoms with Crippen molar-refractivity contribution in [2.24, 2.45) is 5.92 Å². The van der Waals surface area contributed by atoms with E-state index in [1.165, 1.54) is 18.2 Å². The summed E-state index contributed by atoms with van der Waals surface area (Å²) in [6, 6.07) is 3.98. The Kier molecular flexibility index (Phi) is 3.64. The zero-order chi connectivity index (χ0) is 14.2. The second-order valence-electron chi connectivity index (χ2n) is 4.19. The lowest BCUT2D eigenvalue weighted by atomic mass is 9.95. The van der Waals surface area contributed by atoms with E-state index in [2.05, 4.69) is 4.74 Å². The van der Waals surface area contributed by atoms with Crippen LogP contribution in [0.5, 0.6) is 0 Å². The number of benzene rings is 1. The Hall–Kier alpha value is -1.40. The smallest absolute Gasteiger partial charge is 0.316 e. The van der Waals surface area contributed by atoms with Crippen LogP contribution in [0.3, 0.4) is 0 Å². The molecule has 0 spiro atoms. The Morgan fingerprint density at radius 1 is 1.42 bits per heavy atom. The Morgan fingerprint density at radius 3 is 2.74 bits per heavy atom. The van der Waals surface area contributed by atoms with Crippen LogP contribution in [0, 0.1) is 5.92 Å². The van der Waals surface area contributed by atoms with Gasteiger partial charge in [-0.15, -0.1) is 0 Å². The average molecular weight is 303 g/mol. The van der Waals surface area contributed by atoms with Crippen LogP contribution in [0.1, 0.15) is 16.8 Å². The summed E-state index contributed by atoms with van der Waals surface area (Å²) in [5, 5.41) is 0.243. The Labute approximate surface area is 115 Å². The predicted molar refractivity (Wildman–Crippen MR) is 68.0 cm³/mol. The summed E-state index contributed by atoms with van der Waals surface area (Å²) in [5.74, 6) is -2.66. The number of hydrogen-bond acceptors (Lipinski definition) is 5. The molecule has 1 heterocycles. The first kappa shape index (κ1) is 14.0. The van der Waals surface area contributed by atoms with Gasteiger partial charge in [0.2, 0.25) is 0 Å². The minimum absolute atomic E-state index is 0.0413. The van der Waals surface area contributed by atoms with Crippen molar-refractivity contribution in [3.05, 3.63) is 28.8 Å². The molecule has 1 atom stereocenters. The third-order valence-electron chi connectivity index (χ3n) is 3.02. The second kappa shape index (κ2) is 4.94. The maximum absolute atomic E-state index is 12.3. The highest BCUT2D eigenvalue weighted by Crippen LogP contribution is 2.29. The molecule has 0 fully saturated rings. The zero-order valence-electron chi connectivity index (χ0n) is 10.1. The lowest BCUT2D eigenvalue weighted by Crippen LogP contribution is -2.25. The van der Waals surface area contributed by atoms with E-state index in [-0.39, 0.29) is 27.7 Å². The SMILES string of the molecule is COC(=O)C1CCS(=O)(=O)c2ccc(Cl)cc2C1=O. The largest absolute Gasteiger partial charge is 0.468 e. The molecule has 1 aliphatic rings. The number of hydrogen-bond donors (Lipinski definition) is 0. The standard InChI is InChI=1S/C12H11ClO5S/c1-18-12(15)8-4-5-19(16,17)10-3-2-7(13)6-9(10)11(8)14/h2-3,6,8H,4-5H2,1H3. The van der Waals surface area contributed by atoms with Gasteiger partial charge >= 0.3 is 5.97 Å². The summed E-state index contributed by atoms with van der Waals surface area (Å²) in [6.45, 7) is 0. The van der Waals surface area contributed by atoms with E-state index in [9.17, 15) is 18.0 Å². The summed E-state index contributed by atoms with van der Waals surface area (Å²) >= 11 is 5.79. The van der Waals surface area contributed by atoms with E-state index < -0.39 is 27.5 Å². The van der Waals surface area contributed by atoms with Gasteiger partial charge in [0.1, 0.15) is 5.92 Å². The molecule has 1 aliphatic heterocycles. The van der Waals surface area contributed by atoms with Crippen LogP contribution < -0.4 is 0 Å². The molecule has 19 heavy (non-hydrogen) atoms. The highest BCUT2D eigenvalue weighted by Gasteiger charge is 2.37. The molecule has 1 aromatic carbocycles. The second-order valence-corrected chi connectivity index (χ2v) is 6.70. The van der Waals surface area contributed by atoms with E-state index >= 15 is 0 Å². The van der Waals surface area contributed by atoms with Crippen LogP contribution in [-0.2, 0) is 19.4 Å². The van der Waals surface area contributed by atoms with Gasteiger partial charge in [0.05, 0.1) is 17.8 Å². The first-order chi connectivity index (χ1) is 8.86. The monoisotopic (exact) mass is 302 g/mol. The molecule has 5 nitrogen and oxygen atoms in total. The number of carbonyl (C=O) groups excluding carboxylic acids is 2. The van der Waals surface area contributed by atoms with E-state index in [0.29, 0.717) is 0 Å². The fourth-order valence-corrected chi connectivity index (χ4v) is 3.74. The molecule has 0 aliphatic carbocycles. The number of ether oxygens (including phenoxy) is 1. The van der Waals surface area contributed by atoms with E-state index in [1.807, 2.05) is 0 Å². The molecule has 2 rings (SSSR count). The van der Waals surface area contributed by atoms with Crippen molar-refractivity contribution in [2.45, 2.75) is 11.3 Å². The van der Waals surface area contributed by atoms with E-state index in [0.717, 1.165) is 7.11 Å². The number of halogens is 1. The predicted octanol–water partition coefficient (Wildman–Crippen LogP) is 1.49. The van der Waals surface area contributed by atoms with Crippen molar-refractivity contribution in [1.29, 1.82) is 0 Å². The third-order valence-corrected chi connectivity index (χ3v) is 5.05. The molecule has 0 bridgehead atoms. The molecule has 0 saturated carbocycles. The average Bonchev–Trinajstić information content (AvgIpc) is 2.45. The maximum atomic E-state index is 12.3. The fourth-order valence-electron chi connectivity index (χ4n) is 2.03. The number of ketones is 1. The van der Waals surface area contributed by atoms with E-state index in [1.54, 1.807) is 0 Å². The van der Waals surface area contributed by atoms with Gasteiger partial charge in [0, 0.05) is 10.6 Å². The van der Waals surface area contributed by atoms with Gasteiger partial charge in [0.25, 0.3) is 0 Å². The third kappa shape index (κ3) is 2.50. The zero-order valence-corrected chi connectivity index (χ0v) is 11.6. The number of methoxy groups -OCH3 is 1. The summed E-state index contributed by atoms with van der Waals surface area (Å²) < 4.78 is 28.7. The Balaban J connectivity index is 2.63. The summed E-state index contributed by atoms with van der Waals surface area (Å²) in [6.07, 6.45) is -0.0832. The van der Waals surface area contributed by atoms with E-state index in [4.69, 9.17) is 11.6 Å².